The summed E-state index contributed by atoms with van der Waals surface area (Å²) in [5, 5.41) is 10.2. The molecule has 6 rings (SSSR count). The van der Waals surface area contributed by atoms with Crippen molar-refractivity contribution >= 4 is 15.8 Å². The monoisotopic (exact) mass is 441 g/mol. The van der Waals surface area contributed by atoms with Crippen LogP contribution in [0.1, 0.15) is 35.4 Å². The number of nitrogens with one attached hydrogen (secondary N) is 1. The van der Waals surface area contributed by atoms with Gasteiger partial charge < -0.3 is 10.8 Å². The topological polar surface area (TPSA) is 144 Å². The minimum absolute atomic E-state index is 0.0730. The summed E-state index contributed by atoms with van der Waals surface area (Å²) in [6.07, 6.45) is 5.96. The third kappa shape index (κ3) is 3.46. The van der Waals surface area contributed by atoms with Crippen molar-refractivity contribution in [3.63, 3.8) is 0 Å². The number of benzene rings is 1. The number of rotatable bonds is 5. The van der Waals surface area contributed by atoms with Crippen molar-refractivity contribution in [2.24, 2.45) is 0 Å². The Morgan fingerprint density at radius 1 is 1.19 bits per heavy atom. The van der Waals surface area contributed by atoms with Gasteiger partial charge in [-0.25, -0.2) is 33.1 Å². The standard InChI is InChI=1S/C21H22N6O3S/c1-13-2-3-14(31(29,30)27-20-5-6-21(28,10-20)11-20)8-15(13)17-9-24-19(22)18(26-17)16-4-7-23-12-25-16/h2-4,7-9,12,27-28H,5-6,10-11H2,1H3,(H2,22,24)/i1D3. The summed E-state index contributed by atoms with van der Waals surface area (Å²) in [6.45, 7) is -2.53. The number of aliphatic hydroxyl groups is 1. The van der Waals surface area contributed by atoms with Gasteiger partial charge in [0.25, 0.3) is 0 Å². The quantitative estimate of drug-likeness (QED) is 0.544. The average Bonchev–Trinajstić information content (AvgIpc) is 3.25. The SMILES string of the molecule is [2H]C([2H])([2H])c1ccc(S(=O)(=O)NC23CCC(O)(C2)C3)cc1-c1cnc(N)c(-c2ccncn2)n1. The Hall–Kier alpha value is -2.95. The van der Waals surface area contributed by atoms with Crippen LogP contribution in [0, 0.1) is 6.85 Å². The highest BCUT2D eigenvalue weighted by Crippen LogP contribution is 2.55. The minimum Gasteiger partial charge on any atom is -0.390 e. The molecule has 3 aliphatic rings. The number of nitrogens with two attached hydrogens (primary N) is 1. The number of fused-ring (bicyclic) bond motifs is 1. The van der Waals surface area contributed by atoms with Gasteiger partial charge in [-0.05, 0) is 56.3 Å². The molecule has 2 bridgehead atoms. The van der Waals surface area contributed by atoms with Gasteiger partial charge in [0.05, 0.1) is 28.1 Å². The highest BCUT2D eigenvalue weighted by atomic mass is 32.2. The first-order valence-corrected chi connectivity index (χ1v) is 11.2. The number of nitrogen functional groups attached to an aromatic ring is 1. The minimum atomic E-state index is -3.99. The fraction of sp³-hybridized carbons (Fsp3) is 0.333. The third-order valence-electron chi connectivity index (χ3n) is 5.96. The van der Waals surface area contributed by atoms with Crippen LogP contribution in [0.3, 0.4) is 0 Å². The lowest BCUT2D eigenvalue weighted by Crippen LogP contribution is -2.58. The van der Waals surface area contributed by atoms with E-state index in [-0.39, 0.29) is 33.2 Å². The summed E-state index contributed by atoms with van der Waals surface area (Å²) in [5.41, 5.74) is 5.29. The highest BCUT2D eigenvalue weighted by Gasteiger charge is 2.61. The van der Waals surface area contributed by atoms with Gasteiger partial charge in [-0.1, -0.05) is 6.07 Å². The molecule has 0 atom stereocenters. The molecule has 0 unspecified atom stereocenters. The maximum Gasteiger partial charge on any atom is 0.241 e. The predicted octanol–water partition coefficient (Wildman–Crippen LogP) is 1.83. The Morgan fingerprint density at radius 3 is 2.71 bits per heavy atom. The van der Waals surface area contributed by atoms with Gasteiger partial charge in [-0.2, -0.15) is 0 Å². The fourth-order valence-corrected chi connectivity index (χ4v) is 6.01. The van der Waals surface area contributed by atoms with Crippen LogP contribution in [0.4, 0.5) is 5.82 Å². The number of aryl methyl sites for hydroxylation is 1. The molecule has 1 aromatic carbocycles. The Bertz CT molecular complexity index is 1380. The lowest BCUT2D eigenvalue weighted by atomic mass is 9.74. The van der Waals surface area contributed by atoms with Gasteiger partial charge in [0, 0.05) is 21.4 Å². The molecule has 160 valence electrons. The number of hydrogen-bond donors (Lipinski definition) is 3. The summed E-state index contributed by atoms with van der Waals surface area (Å²) in [6, 6.07) is 5.40. The molecule has 4 N–H and O–H groups in total. The molecular weight excluding hydrogens is 416 g/mol. The van der Waals surface area contributed by atoms with E-state index in [0.29, 0.717) is 31.4 Å². The van der Waals surface area contributed by atoms with Crippen molar-refractivity contribution in [1.29, 1.82) is 0 Å². The van der Waals surface area contributed by atoms with Crippen LogP contribution >= 0.6 is 0 Å². The number of hydrogen-bond acceptors (Lipinski definition) is 8. The summed E-state index contributed by atoms with van der Waals surface area (Å²) in [5.74, 6) is 0.0844. The molecule has 3 aromatic rings. The van der Waals surface area contributed by atoms with Gasteiger partial charge in [-0.3, -0.25) is 0 Å². The molecule has 0 spiro atoms. The molecule has 0 aliphatic heterocycles. The van der Waals surface area contributed by atoms with E-state index < -0.39 is 28.0 Å². The number of anilines is 1. The molecule has 2 aromatic heterocycles. The van der Waals surface area contributed by atoms with Gasteiger partial charge in [0.15, 0.2) is 5.82 Å². The molecule has 31 heavy (non-hydrogen) atoms. The Morgan fingerprint density at radius 2 is 2.03 bits per heavy atom. The summed E-state index contributed by atoms with van der Waals surface area (Å²) in [7, 11) is -3.99. The second-order valence-corrected chi connectivity index (χ2v) is 9.94. The number of nitrogens with zero attached hydrogens (tertiary/aromatic N) is 4. The van der Waals surface area contributed by atoms with Crippen LogP contribution in [0.5, 0.6) is 0 Å². The zero-order chi connectivity index (χ0) is 24.4. The van der Waals surface area contributed by atoms with Crippen molar-refractivity contribution in [3.8, 4) is 22.6 Å². The van der Waals surface area contributed by atoms with E-state index >= 15 is 0 Å². The van der Waals surface area contributed by atoms with Crippen molar-refractivity contribution in [1.82, 2.24) is 24.7 Å². The van der Waals surface area contributed by atoms with Crippen LogP contribution in [0.15, 0.2) is 47.9 Å². The number of aromatic nitrogens is 4. The van der Waals surface area contributed by atoms with Crippen molar-refractivity contribution in [2.75, 3.05) is 5.73 Å². The molecule has 3 saturated carbocycles. The van der Waals surface area contributed by atoms with E-state index in [4.69, 9.17) is 9.85 Å². The molecular formula is C21H22N6O3S. The Kier molecular flexibility index (Phi) is 3.65. The van der Waals surface area contributed by atoms with Crippen LogP contribution in [-0.2, 0) is 10.0 Å². The Balaban J connectivity index is 1.59. The van der Waals surface area contributed by atoms with Crippen LogP contribution in [0.25, 0.3) is 22.6 Å². The normalized spacial score (nSPS) is 26.5. The highest BCUT2D eigenvalue weighted by molar-refractivity contribution is 7.89. The maximum absolute atomic E-state index is 13.2. The second kappa shape index (κ2) is 6.78. The third-order valence-corrected chi connectivity index (χ3v) is 7.53. The second-order valence-electron chi connectivity index (χ2n) is 8.25. The van der Waals surface area contributed by atoms with Crippen molar-refractivity contribution in [2.45, 2.75) is 48.6 Å². The van der Waals surface area contributed by atoms with Gasteiger partial charge >= 0.3 is 0 Å². The van der Waals surface area contributed by atoms with Crippen molar-refractivity contribution < 1.29 is 17.6 Å². The zero-order valence-electron chi connectivity index (χ0n) is 19.4. The Labute approximate surface area is 184 Å². The maximum atomic E-state index is 13.2. The van der Waals surface area contributed by atoms with Crippen molar-refractivity contribution in [3.05, 3.63) is 48.5 Å². The molecule has 0 amide bonds. The van der Waals surface area contributed by atoms with E-state index in [1.54, 1.807) is 6.07 Å². The summed E-state index contributed by atoms with van der Waals surface area (Å²) in [4.78, 5) is 16.5. The lowest BCUT2D eigenvalue weighted by Gasteiger charge is -2.44. The largest absolute Gasteiger partial charge is 0.390 e. The van der Waals surface area contributed by atoms with Gasteiger partial charge in [0.1, 0.15) is 12.0 Å². The molecule has 0 radical (unpaired) electrons. The smallest absolute Gasteiger partial charge is 0.241 e. The first-order valence-electron chi connectivity index (χ1n) is 11.2. The lowest BCUT2D eigenvalue weighted by molar-refractivity contribution is -0.0362. The molecule has 3 fully saturated rings. The van der Waals surface area contributed by atoms with E-state index in [0.717, 1.165) is 0 Å². The van der Waals surface area contributed by atoms with E-state index in [1.807, 2.05) is 0 Å². The van der Waals surface area contributed by atoms with Crippen LogP contribution < -0.4 is 10.5 Å². The van der Waals surface area contributed by atoms with Gasteiger partial charge in [-0.15, -0.1) is 0 Å². The molecule has 0 saturated heterocycles. The summed E-state index contributed by atoms with van der Waals surface area (Å²) >= 11 is 0. The molecule has 3 aliphatic carbocycles. The molecule has 9 nitrogen and oxygen atoms in total. The van der Waals surface area contributed by atoms with E-state index in [2.05, 4.69) is 24.7 Å². The average molecular weight is 442 g/mol. The first kappa shape index (κ1) is 16.7. The summed E-state index contributed by atoms with van der Waals surface area (Å²) < 4.78 is 52.9. The van der Waals surface area contributed by atoms with Crippen LogP contribution in [0.2, 0.25) is 0 Å². The zero-order valence-corrected chi connectivity index (χ0v) is 17.2. The van der Waals surface area contributed by atoms with Crippen LogP contribution in [-0.4, -0.2) is 44.6 Å². The molecule has 2 heterocycles. The fourth-order valence-electron chi connectivity index (χ4n) is 4.55. The predicted molar refractivity (Wildman–Crippen MR) is 114 cm³/mol. The van der Waals surface area contributed by atoms with Gasteiger partial charge in [0.2, 0.25) is 10.0 Å². The number of sulfonamides is 1. The van der Waals surface area contributed by atoms with E-state index in [9.17, 15) is 13.5 Å². The first-order chi connectivity index (χ1) is 15.9. The molecule has 10 heteroatoms. The van der Waals surface area contributed by atoms with E-state index in [1.165, 1.54) is 36.9 Å².